The van der Waals surface area contributed by atoms with Crippen LogP contribution in [0, 0.1) is 0 Å². The lowest BCUT2D eigenvalue weighted by Crippen LogP contribution is -2.40. The normalized spacial score (nSPS) is 20.3. The van der Waals surface area contributed by atoms with Crippen LogP contribution in [-0.4, -0.2) is 48.4 Å². The number of nitrogens with zero attached hydrogens (tertiary/aromatic N) is 1. The third-order valence-corrected chi connectivity index (χ3v) is 7.79. The number of carbonyl (C=O) groups excluding carboxylic acids is 2. The first-order valence-electron chi connectivity index (χ1n) is 9.03. The molecule has 28 heavy (non-hydrogen) atoms. The molecule has 1 fully saturated rings. The number of nitrogens with one attached hydrogen (secondary N) is 1. The maximum absolute atomic E-state index is 13.3. The zero-order chi connectivity index (χ0) is 19.7. The monoisotopic (exact) mass is 416 g/mol. The van der Waals surface area contributed by atoms with Gasteiger partial charge in [0.05, 0.1) is 22.9 Å². The van der Waals surface area contributed by atoms with Crippen LogP contribution in [0.25, 0.3) is 0 Å². The molecule has 1 N–H and O–H groups in total. The van der Waals surface area contributed by atoms with E-state index in [0.29, 0.717) is 30.0 Å². The molecule has 2 aliphatic heterocycles. The summed E-state index contributed by atoms with van der Waals surface area (Å²) in [7, 11) is -3.12. The van der Waals surface area contributed by atoms with E-state index in [1.54, 1.807) is 17.0 Å². The van der Waals surface area contributed by atoms with E-state index in [2.05, 4.69) is 5.32 Å². The Morgan fingerprint density at radius 1 is 1.18 bits per heavy atom. The van der Waals surface area contributed by atoms with Gasteiger partial charge in [0.1, 0.15) is 0 Å². The molecule has 0 radical (unpaired) electrons. The summed E-state index contributed by atoms with van der Waals surface area (Å²) in [5.41, 5.74) is 2.02. The van der Waals surface area contributed by atoms with Crippen LogP contribution < -0.4 is 5.32 Å². The third kappa shape index (κ3) is 4.07. The summed E-state index contributed by atoms with van der Waals surface area (Å²) in [5, 5.41) is 2.80. The molecule has 0 unspecified atom stereocenters. The molecular weight excluding hydrogens is 396 g/mol. The second-order valence-electron chi connectivity index (χ2n) is 7.02. The molecule has 0 spiro atoms. The van der Waals surface area contributed by atoms with Crippen molar-refractivity contribution in [2.24, 2.45) is 0 Å². The van der Waals surface area contributed by atoms with E-state index in [4.69, 9.17) is 0 Å². The number of hydrogen-bond donors (Lipinski definition) is 1. The van der Waals surface area contributed by atoms with Crippen molar-refractivity contribution in [3.63, 3.8) is 0 Å². The first-order chi connectivity index (χ1) is 13.4. The summed E-state index contributed by atoms with van der Waals surface area (Å²) in [4.78, 5) is 27.6. The molecule has 0 bridgehead atoms. The van der Waals surface area contributed by atoms with Crippen molar-refractivity contribution in [2.75, 3.05) is 22.6 Å². The molecule has 2 heterocycles. The molecule has 6 nitrogen and oxygen atoms in total. The van der Waals surface area contributed by atoms with Crippen LogP contribution in [0.4, 0.5) is 5.69 Å². The highest BCUT2D eigenvalue weighted by Gasteiger charge is 2.35. The molecule has 0 aromatic heterocycles. The van der Waals surface area contributed by atoms with Gasteiger partial charge in [0, 0.05) is 23.0 Å². The number of rotatable bonds is 4. The van der Waals surface area contributed by atoms with Crippen LogP contribution >= 0.6 is 11.8 Å². The van der Waals surface area contributed by atoms with Gasteiger partial charge in [-0.15, -0.1) is 11.8 Å². The maximum Gasteiger partial charge on any atom is 0.254 e. The van der Waals surface area contributed by atoms with E-state index in [9.17, 15) is 18.0 Å². The lowest BCUT2D eigenvalue weighted by Gasteiger charge is -2.29. The Balaban J connectivity index is 1.65. The van der Waals surface area contributed by atoms with Gasteiger partial charge < -0.3 is 10.2 Å². The van der Waals surface area contributed by atoms with E-state index >= 15 is 0 Å². The van der Waals surface area contributed by atoms with E-state index in [0.717, 1.165) is 10.5 Å². The molecule has 146 valence electrons. The summed E-state index contributed by atoms with van der Waals surface area (Å²) in [6.07, 6.45) is 0.443. The van der Waals surface area contributed by atoms with Gasteiger partial charge >= 0.3 is 0 Å². The molecule has 1 atom stereocenters. The van der Waals surface area contributed by atoms with E-state index in [-0.39, 0.29) is 29.4 Å². The lowest BCUT2D eigenvalue weighted by atomic mass is 10.1. The van der Waals surface area contributed by atoms with Crippen LogP contribution in [-0.2, 0) is 21.2 Å². The predicted octanol–water partition coefficient (Wildman–Crippen LogP) is 2.56. The zero-order valence-corrected chi connectivity index (χ0v) is 16.8. The van der Waals surface area contributed by atoms with E-state index < -0.39 is 9.84 Å². The van der Waals surface area contributed by atoms with Gasteiger partial charge in [0.25, 0.3) is 5.91 Å². The van der Waals surface area contributed by atoms with Crippen molar-refractivity contribution < 1.29 is 18.0 Å². The number of amides is 2. The predicted molar refractivity (Wildman–Crippen MR) is 109 cm³/mol. The summed E-state index contributed by atoms with van der Waals surface area (Å²) in [5.74, 6) is 0.139. The fourth-order valence-corrected chi connectivity index (χ4v) is 6.07. The van der Waals surface area contributed by atoms with Gasteiger partial charge in [0.15, 0.2) is 9.84 Å². The molecule has 2 aromatic rings. The number of benzene rings is 2. The van der Waals surface area contributed by atoms with Gasteiger partial charge in [-0.2, -0.15) is 0 Å². The van der Waals surface area contributed by atoms with Gasteiger partial charge in [-0.25, -0.2) is 8.42 Å². The standard InChI is InChI=1S/C20H20N2O4S2/c23-19-12-27-18-7-6-15(10-17(18)21-19)20(24)22(11-14-4-2-1-3-5-14)16-8-9-28(25,26)13-16/h1-7,10,16H,8-9,11-13H2,(H,21,23)/t16-/m1/s1. The minimum Gasteiger partial charge on any atom is -0.330 e. The van der Waals surface area contributed by atoms with Crippen LogP contribution in [0.2, 0.25) is 0 Å². The number of fused-ring (bicyclic) bond motifs is 1. The highest BCUT2D eigenvalue weighted by Crippen LogP contribution is 2.33. The van der Waals surface area contributed by atoms with Crippen LogP contribution in [0.5, 0.6) is 0 Å². The number of anilines is 1. The molecule has 2 amide bonds. The topological polar surface area (TPSA) is 83.6 Å². The average Bonchev–Trinajstić information content (AvgIpc) is 3.05. The highest BCUT2D eigenvalue weighted by atomic mass is 32.2. The number of thioether (sulfide) groups is 1. The Morgan fingerprint density at radius 2 is 1.96 bits per heavy atom. The van der Waals surface area contributed by atoms with Gasteiger partial charge in [0.2, 0.25) is 5.91 Å². The average molecular weight is 417 g/mol. The van der Waals surface area contributed by atoms with Crippen LogP contribution in [0.3, 0.4) is 0 Å². The van der Waals surface area contributed by atoms with Gasteiger partial charge in [-0.05, 0) is 30.2 Å². The summed E-state index contributed by atoms with van der Waals surface area (Å²) in [6.45, 7) is 0.345. The summed E-state index contributed by atoms with van der Waals surface area (Å²) < 4.78 is 24.0. The molecule has 2 aliphatic rings. The molecule has 4 rings (SSSR count). The second-order valence-corrected chi connectivity index (χ2v) is 10.3. The number of sulfone groups is 1. The van der Waals surface area contributed by atoms with Crippen molar-refractivity contribution in [2.45, 2.75) is 23.9 Å². The Morgan fingerprint density at radius 3 is 2.68 bits per heavy atom. The first kappa shape index (κ1) is 19.0. The van der Waals surface area contributed by atoms with E-state index in [1.165, 1.54) is 11.8 Å². The maximum atomic E-state index is 13.3. The van der Waals surface area contributed by atoms with Crippen molar-refractivity contribution >= 4 is 39.1 Å². The van der Waals surface area contributed by atoms with Crippen molar-refractivity contribution in [1.82, 2.24) is 4.90 Å². The van der Waals surface area contributed by atoms with Crippen LogP contribution in [0.15, 0.2) is 53.4 Å². The molecular formula is C20H20N2O4S2. The van der Waals surface area contributed by atoms with Gasteiger partial charge in [-0.3, -0.25) is 9.59 Å². The lowest BCUT2D eigenvalue weighted by molar-refractivity contribution is -0.113. The Labute approximate surface area is 168 Å². The summed E-state index contributed by atoms with van der Waals surface area (Å²) >= 11 is 1.44. The fraction of sp³-hybridized carbons (Fsp3) is 0.300. The Bertz CT molecular complexity index is 1020. The second kappa shape index (κ2) is 7.60. The molecule has 2 aromatic carbocycles. The molecule has 0 saturated carbocycles. The highest BCUT2D eigenvalue weighted by molar-refractivity contribution is 8.00. The van der Waals surface area contributed by atoms with Crippen molar-refractivity contribution in [1.29, 1.82) is 0 Å². The zero-order valence-electron chi connectivity index (χ0n) is 15.1. The minimum atomic E-state index is -3.12. The van der Waals surface area contributed by atoms with Gasteiger partial charge in [-0.1, -0.05) is 30.3 Å². The quantitative estimate of drug-likeness (QED) is 0.828. The SMILES string of the molecule is O=C1CSc2ccc(C(=O)N(Cc3ccccc3)[C@@H]3CCS(=O)(=O)C3)cc2N1. The first-order valence-corrected chi connectivity index (χ1v) is 11.8. The minimum absolute atomic E-state index is 0.0108. The Kier molecular flexibility index (Phi) is 5.16. The molecule has 8 heteroatoms. The smallest absolute Gasteiger partial charge is 0.254 e. The Hall–Kier alpha value is -2.32. The fourth-order valence-electron chi connectivity index (χ4n) is 3.55. The third-order valence-electron chi connectivity index (χ3n) is 4.97. The summed E-state index contributed by atoms with van der Waals surface area (Å²) in [6, 6.07) is 14.5. The van der Waals surface area contributed by atoms with Crippen LogP contribution in [0.1, 0.15) is 22.3 Å². The van der Waals surface area contributed by atoms with Crippen molar-refractivity contribution in [3.8, 4) is 0 Å². The number of carbonyl (C=O) groups is 2. The van der Waals surface area contributed by atoms with E-state index in [1.807, 2.05) is 36.4 Å². The van der Waals surface area contributed by atoms with Crippen molar-refractivity contribution in [3.05, 3.63) is 59.7 Å². The molecule has 0 aliphatic carbocycles. The largest absolute Gasteiger partial charge is 0.330 e. The number of hydrogen-bond acceptors (Lipinski definition) is 5. The molecule has 1 saturated heterocycles.